The lowest BCUT2D eigenvalue weighted by atomic mass is 9.96. The first kappa shape index (κ1) is 14.9. The Morgan fingerprint density at radius 3 is 2.35 bits per heavy atom. The van der Waals surface area contributed by atoms with E-state index >= 15 is 0 Å². The van der Waals surface area contributed by atoms with Crippen LogP contribution >= 0.6 is 15.9 Å². The minimum Gasteiger partial charge on any atom is -0.496 e. The van der Waals surface area contributed by atoms with E-state index < -0.39 is 17.7 Å². The summed E-state index contributed by atoms with van der Waals surface area (Å²) in [5.41, 5.74) is 7.34. The van der Waals surface area contributed by atoms with Gasteiger partial charge in [-0.25, -0.2) is 8.78 Å². The average Bonchev–Trinajstić information content (AvgIpc) is 2.41. The number of hydrogen-bond acceptors (Lipinski definition) is 2. The van der Waals surface area contributed by atoms with Gasteiger partial charge in [-0.05, 0) is 36.8 Å². The molecular formula is C15H14BrF2NO. The molecule has 0 spiro atoms. The molecule has 20 heavy (non-hydrogen) atoms. The number of rotatable bonds is 3. The van der Waals surface area contributed by atoms with E-state index in [1.807, 2.05) is 6.92 Å². The van der Waals surface area contributed by atoms with Crippen molar-refractivity contribution in [1.29, 1.82) is 0 Å². The van der Waals surface area contributed by atoms with Crippen molar-refractivity contribution < 1.29 is 13.5 Å². The van der Waals surface area contributed by atoms with E-state index in [9.17, 15) is 8.78 Å². The van der Waals surface area contributed by atoms with Crippen LogP contribution in [0.5, 0.6) is 5.75 Å². The van der Waals surface area contributed by atoms with Gasteiger partial charge < -0.3 is 10.5 Å². The van der Waals surface area contributed by atoms with Gasteiger partial charge in [-0.15, -0.1) is 0 Å². The predicted octanol–water partition coefficient (Wildman–Crippen LogP) is 4.09. The Bertz CT molecular complexity index is 626. The summed E-state index contributed by atoms with van der Waals surface area (Å²) in [5.74, 6) is -0.839. The van der Waals surface area contributed by atoms with Crippen molar-refractivity contribution >= 4 is 15.9 Å². The van der Waals surface area contributed by atoms with Gasteiger partial charge in [0.05, 0.1) is 13.2 Å². The van der Waals surface area contributed by atoms with Gasteiger partial charge in [0.15, 0.2) is 0 Å². The summed E-state index contributed by atoms with van der Waals surface area (Å²) in [5, 5.41) is 0. The number of methoxy groups -OCH3 is 1. The minimum absolute atomic E-state index is 0.165. The number of nitrogens with two attached hydrogens (primary N) is 1. The molecule has 0 aliphatic rings. The van der Waals surface area contributed by atoms with E-state index in [-0.39, 0.29) is 5.56 Å². The minimum atomic E-state index is -0.942. The Morgan fingerprint density at radius 1 is 1.20 bits per heavy atom. The van der Waals surface area contributed by atoms with Gasteiger partial charge in [0.25, 0.3) is 0 Å². The molecule has 2 aromatic rings. The lowest BCUT2D eigenvalue weighted by molar-refractivity contribution is 0.406. The second kappa shape index (κ2) is 5.89. The van der Waals surface area contributed by atoms with Gasteiger partial charge in [-0.2, -0.15) is 0 Å². The van der Waals surface area contributed by atoms with Gasteiger partial charge in [-0.3, -0.25) is 0 Å². The van der Waals surface area contributed by atoms with E-state index in [4.69, 9.17) is 10.5 Å². The van der Waals surface area contributed by atoms with Crippen molar-refractivity contribution in [2.45, 2.75) is 13.0 Å². The number of halogens is 3. The lowest BCUT2D eigenvalue weighted by Crippen LogP contribution is -2.16. The fourth-order valence-corrected chi connectivity index (χ4v) is 2.41. The normalized spacial score (nSPS) is 12.3. The summed E-state index contributed by atoms with van der Waals surface area (Å²) in [6.45, 7) is 1.89. The van der Waals surface area contributed by atoms with E-state index in [1.165, 1.54) is 25.3 Å². The van der Waals surface area contributed by atoms with Crippen LogP contribution in [0.3, 0.4) is 0 Å². The monoisotopic (exact) mass is 341 g/mol. The Balaban J connectivity index is 2.59. The first-order valence-corrected chi connectivity index (χ1v) is 6.78. The average molecular weight is 342 g/mol. The van der Waals surface area contributed by atoms with E-state index in [1.54, 1.807) is 12.1 Å². The third-order valence-corrected chi connectivity index (χ3v) is 4.01. The van der Waals surface area contributed by atoms with Crippen molar-refractivity contribution in [3.63, 3.8) is 0 Å². The maximum atomic E-state index is 13.8. The number of benzene rings is 2. The molecule has 2 N–H and O–H groups in total. The molecule has 0 radical (unpaired) electrons. The molecule has 1 unspecified atom stereocenters. The predicted molar refractivity (Wildman–Crippen MR) is 77.8 cm³/mol. The Kier molecular flexibility index (Phi) is 4.40. The van der Waals surface area contributed by atoms with Crippen LogP contribution in [-0.2, 0) is 0 Å². The zero-order valence-electron chi connectivity index (χ0n) is 11.1. The van der Waals surface area contributed by atoms with Crippen LogP contribution in [-0.4, -0.2) is 7.11 Å². The second-order valence-electron chi connectivity index (χ2n) is 4.46. The maximum absolute atomic E-state index is 13.8. The fourth-order valence-electron chi connectivity index (χ4n) is 2.05. The summed E-state index contributed by atoms with van der Waals surface area (Å²) >= 11 is 3.39. The Hall–Kier alpha value is -1.46. The molecule has 0 saturated carbocycles. The Morgan fingerprint density at radius 2 is 1.80 bits per heavy atom. The lowest BCUT2D eigenvalue weighted by Gasteiger charge is -2.18. The molecule has 1 atom stereocenters. The zero-order chi connectivity index (χ0) is 14.9. The molecule has 0 bridgehead atoms. The molecule has 106 valence electrons. The van der Waals surface area contributed by atoms with Crippen molar-refractivity contribution in [3.05, 3.63) is 63.1 Å². The van der Waals surface area contributed by atoms with E-state index in [0.717, 1.165) is 10.0 Å². The van der Waals surface area contributed by atoms with Crippen LogP contribution in [0.25, 0.3) is 0 Å². The third-order valence-electron chi connectivity index (χ3n) is 3.16. The van der Waals surface area contributed by atoms with Gasteiger partial charge >= 0.3 is 0 Å². The molecule has 2 nitrogen and oxygen atoms in total. The molecule has 0 amide bonds. The standard InChI is InChI=1S/C15H14BrF2NO/c1-8-6-13(20-2)9(7-10(8)16)15(19)14-11(17)4-3-5-12(14)18/h3-7,15H,19H2,1-2H3. The third kappa shape index (κ3) is 2.69. The van der Waals surface area contributed by atoms with Gasteiger partial charge in [0.1, 0.15) is 17.4 Å². The highest BCUT2D eigenvalue weighted by Gasteiger charge is 2.22. The second-order valence-corrected chi connectivity index (χ2v) is 5.31. The zero-order valence-corrected chi connectivity index (χ0v) is 12.7. The van der Waals surface area contributed by atoms with E-state index in [0.29, 0.717) is 11.3 Å². The summed E-state index contributed by atoms with van der Waals surface area (Å²) in [7, 11) is 1.50. The highest BCUT2D eigenvalue weighted by molar-refractivity contribution is 9.10. The molecule has 0 aromatic heterocycles. The molecule has 0 saturated heterocycles. The summed E-state index contributed by atoms with van der Waals surface area (Å²) in [6.07, 6.45) is 0. The van der Waals surface area contributed by atoms with Crippen LogP contribution in [0.4, 0.5) is 8.78 Å². The van der Waals surface area contributed by atoms with Gasteiger partial charge in [0, 0.05) is 15.6 Å². The van der Waals surface area contributed by atoms with Crippen LogP contribution in [0, 0.1) is 18.6 Å². The quantitative estimate of drug-likeness (QED) is 0.912. The highest BCUT2D eigenvalue weighted by Crippen LogP contribution is 2.34. The Labute approximate surface area is 124 Å². The summed E-state index contributed by atoms with van der Waals surface area (Å²) < 4.78 is 33.7. The van der Waals surface area contributed by atoms with Gasteiger partial charge in [0.2, 0.25) is 0 Å². The number of hydrogen-bond donors (Lipinski definition) is 1. The fraction of sp³-hybridized carbons (Fsp3) is 0.200. The summed E-state index contributed by atoms with van der Waals surface area (Å²) in [6, 6.07) is 6.25. The molecule has 2 rings (SSSR count). The van der Waals surface area contributed by atoms with Crippen LogP contribution in [0.1, 0.15) is 22.7 Å². The van der Waals surface area contributed by atoms with Crippen molar-refractivity contribution in [2.75, 3.05) is 7.11 Å². The largest absolute Gasteiger partial charge is 0.496 e. The molecular weight excluding hydrogens is 328 g/mol. The van der Waals surface area contributed by atoms with Crippen molar-refractivity contribution in [1.82, 2.24) is 0 Å². The van der Waals surface area contributed by atoms with Crippen LogP contribution < -0.4 is 10.5 Å². The van der Waals surface area contributed by atoms with Crippen molar-refractivity contribution in [2.24, 2.45) is 5.73 Å². The van der Waals surface area contributed by atoms with Crippen LogP contribution in [0.2, 0.25) is 0 Å². The highest BCUT2D eigenvalue weighted by atomic mass is 79.9. The topological polar surface area (TPSA) is 35.2 Å². The summed E-state index contributed by atoms with van der Waals surface area (Å²) in [4.78, 5) is 0. The maximum Gasteiger partial charge on any atom is 0.131 e. The smallest absolute Gasteiger partial charge is 0.131 e. The SMILES string of the molecule is COc1cc(C)c(Br)cc1C(N)c1c(F)cccc1F. The van der Waals surface area contributed by atoms with E-state index in [2.05, 4.69) is 15.9 Å². The molecule has 0 heterocycles. The number of ether oxygens (including phenoxy) is 1. The first-order valence-electron chi connectivity index (χ1n) is 5.99. The first-order chi connectivity index (χ1) is 9.45. The molecule has 2 aromatic carbocycles. The molecule has 0 fully saturated rings. The number of aryl methyl sites for hydroxylation is 1. The van der Waals surface area contributed by atoms with Crippen molar-refractivity contribution in [3.8, 4) is 5.75 Å². The van der Waals surface area contributed by atoms with Crippen LogP contribution in [0.15, 0.2) is 34.8 Å². The molecule has 0 aliphatic heterocycles. The van der Waals surface area contributed by atoms with Gasteiger partial charge in [-0.1, -0.05) is 22.0 Å². The molecule has 5 heteroatoms. The molecule has 0 aliphatic carbocycles.